The van der Waals surface area contributed by atoms with Crippen LogP contribution in [0.25, 0.3) is 0 Å². The van der Waals surface area contributed by atoms with Gasteiger partial charge in [-0.3, -0.25) is 4.79 Å². The molecule has 0 spiro atoms. The second-order valence-corrected chi connectivity index (χ2v) is 4.99. The number of rotatable bonds is 3. The summed E-state index contributed by atoms with van der Waals surface area (Å²) in [5.74, 6) is -2.27. The molecule has 1 aromatic carbocycles. The van der Waals surface area contributed by atoms with Crippen molar-refractivity contribution in [3.05, 3.63) is 52.2 Å². The molecule has 0 bridgehead atoms. The minimum absolute atomic E-state index is 0.0733. The van der Waals surface area contributed by atoms with Crippen LogP contribution in [0.2, 0.25) is 0 Å². The molecule has 0 saturated heterocycles. The van der Waals surface area contributed by atoms with Crippen LogP contribution in [0.3, 0.4) is 0 Å². The van der Waals surface area contributed by atoms with Gasteiger partial charge in [0.15, 0.2) is 0 Å². The van der Waals surface area contributed by atoms with Crippen molar-refractivity contribution in [2.45, 2.75) is 6.92 Å². The second-order valence-electron chi connectivity index (χ2n) is 3.91. The first-order valence-electron chi connectivity index (χ1n) is 5.38. The van der Waals surface area contributed by atoms with E-state index in [4.69, 9.17) is 5.11 Å². The first-order chi connectivity index (χ1) is 8.97. The highest BCUT2D eigenvalue weighted by Crippen LogP contribution is 2.23. The zero-order chi connectivity index (χ0) is 14.0. The Bertz CT molecular complexity index is 651. The molecule has 0 saturated carbocycles. The number of carbonyl (C=O) groups is 2. The predicted molar refractivity (Wildman–Crippen MR) is 70.4 cm³/mol. The van der Waals surface area contributed by atoms with Crippen LogP contribution in [0.15, 0.2) is 30.3 Å². The van der Waals surface area contributed by atoms with E-state index in [-0.39, 0.29) is 10.4 Å². The average molecular weight is 279 g/mol. The molecule has 98 valence electrons. The smallest absolute Gasteiger partial charge is 0.345 e. The predicted octanol–water partition coefficient (Wildman–Crippen LogP) is 3.15. The third kappa shape index (κ3) is 2.97. The number of carboxylic acid groups (broad SMARTS) is 1. The number of aryl methyl sites for hydroxylation is 1. The Kier molecular flexibility index (Phi) is 3.62. The van der Waals surface area contributed by atoms with Crippen molar-refractivity contribution >= 4 is 28.2 Å². The third-order valence-corrected chi connectivity index (χ3v) is 3.41. The quantitative estimate of drug-likeness (QED) is 0.907. The molecule has 0 fully saturated rings. The zero-order valence-corrected chi connectivity index (χ0v) is 10.8. The lowest BCUT2D eigenvalue weighted by molar-refractivity contribution is 0.0702. The van der Waals surface area contributed by atoms with Crippen molar-refractivity contribution in [1.82, 2.24) is 0 Å². The molecule has 2 rings (SSSR count). The molecule has 19 heavy (non-hydrogen) atoms. The summed E-state index contributed by atoms with van der Waals surface area (Å²) in [6, 6.07) is 7.15. The molecule has 1 amide bonds. The molecule has 1 heterocycles. The number of carbonyl (C=O) groups excluding carboxylic acids is 1. The maximum absolute atomic E-state index is 13.6. The number of anilines is 1. The van der Waals surface area contributed by atoms with Crippen LogP contribution in [-0.4, -0.2) is 17.0 Å². The van der Waals surface area contributed by atoms with Crippen LogP contribution in [0.4, 0.5) is 9.39 Å². The fourth-order valence-corrected chi connectivity index (χ4v) is 2.24. The van der Waals surface area contributed by atoms with Gasteiger partial charge in [0.2, 0.25) is 0 Å². The van der Waals surface area contributed by atoms with Crippen molar-refractivity contribution in [1.29, 1.82) is 0 Å². The number of carboxylic acids is 1. The Balaban J connectivity index is 2.18. The molecule has 1 aromatic heterocycles. The van der Waals surface area contributed by atoms with Gasteiger partial charge in [-0.25, -0.2) is 9.18 Å². The number of aromatic carboxylic acids is 1. The Morgan fingerprint density at radius 1 is 1.26 bits per heavy atom. The number of benzene rings is 1. The number of hydrogen-bond acceptors (Lipinski definition) is 3. The maximum atomic E-state index is 13.6. The van der Waals surface area contributed by atoms with Crippen molar-refractivity contribution in [3.63, 3.8) is 0 Å². The Hall–Kier alpha value is -2.21. The summed E-state index contributed by atoms with van der Waals surface area (Å²) in [6.07, 6.45) is 0. The molecule has 0 aliphatic carbocycles. The van der Waals surface area contributed by atoms with Gasteiger partial charge in [-0.2, -0.15) is 0 Å². The van der Waals surface area contributed by atoms with Crippen molar-refractivity contribution in [2.24, 2.45) is 0 Å². The van der Waals surface area contributed by atoms with Crippen LogP contribution in [0.1, 0.15) is 25.6 Å². The fraction of sp³-hybridized carbons (Fsp3) is 0.0769. The van der Waals surface area contributed by atoms with Gasteiger partial charge in [-0.05, 0) is 36.8 Å². The van der Waals surface area contributed by atoms with Crippen LogP contribution in [0.5, 0.6) is 0 Å². The van der Waals surface area contributed by atoms with Crippen molar-refractivity contribution in [2.75, 3.05) is 5.32 Å². The molecule has 0 radical (unpaired) electrons. The second kappa shape index (κ2) is 5.19. The van der Waals surface area contributed by atoms with E-state index in [2.05, 4.69) is 5.32 Å². The summed E-state index contributed by atoms with van der Waals surface area (Å²) in [5, 5.41) is 11.6. The van der Waals surface area contributed by atoms with Crippen LogP contribution >= 0.6 is 11.3 Å². The molecule has 0 atom stereocenters. The highest BCUT2D eigenvalue weighted by molar-refractivity contribution is 7.18. The molecule has 0 aliphatic rings. The van der Waals surface area contributed by atoms with Crippen molar-refractivity contribution < 1.29 is 19.1 Å². The lowest BCUT2D eigenvalue weighted by atomic mass is 10.1. The van der Waals surface area contributed by atoms with Crippen LogP contribution in [-0.2, 0) is 0 Å². The van der Waals surface area contributed by atoms with Gasteiger partial charge in [0.1, 0.15) is 10.7 Å². The Morgan fingerprint density at radius 2 is 2.00 bits per heavy atom. The summed E-state index contributed by atoms with van der Waals surface area (Å²) < 4.78 is 13.6. The summed E-state index contributed by atoms with van der Waals surface area (Å²) >= 11 is 0.919. The number of halogens is 1. The minimum Gasteiger partial charge on any atom is -0.477 e. The molecule has 6 heteroatoms. The summed E-state index contributed by atoms with van der Waals surface area (Å²) in [7, 11) is 0. The highest BCUT2D eigenvalue weighted by atomic mass is 32.1. The number of amides is 1. The van der Waals surface area contributed by atoms with E-state index in [0.717, 1.165) is 16.9 Å². The molecule has 0 unspecified atom stereocenters. The highest BCUT2D eigenvalue weighted by Gasteiger charge is 2.14. The average Bonchev–Trinajstić information content (AvgIpc) is 2.77. The molecule has 2 aromatic rings. The first kappa shape index (κ1) is 13.2. The molecule has 4 nitrogen and oxygen atoms in total. The summed E-state index contributed by atoms with van der Waals surface area (Å²) in [5.41, 5.74) is 0.647. The summed E-state index contributed by atoms with van der Waals surface area (Å²) in [6.45, 7) is 1.73. The van der Waals surface area contributed by atoms with Gasteiger partial charge in [-0.1, -0.05) is 6.07 Å². The van der Waals surface area contributed by atoms with Gasteiger partial charge in [0.05, 0.1) is 10.6 Å². The molecular weight excluding hydrogens is 269 g/mol. The van der Waals surface area contributed by atoms with E-state index in [1.807, 2.05) is 0 Å². The lowest BCUT2D eigenvalue weighted by Crippen LogP contribution is -2.12. The number of thiophene rings is 1. The van der Waals surface area contributed by atoms with Gasteiger partial charge in [0, 0.05) is 0 Å². The molecular formula is C13H10FNO3S. The van der Waals surface area contributed by atoms with Crippen molar-refractivity contribution in [3.8, 4) is 0 Å². The summed E-state index contributed by atoms with van der Waals surface area (Å²) in [4.78, 5) is 22.6. The SMILES string of the molecule is Cc1ccc(C(=O)Nc2ccc(C(=O)O)s2)c(F)c1. The monoisotopic (exact) mass is 279 g/mol. The maximum Gasteiger partial charge on any atom is 0.345 e. The van der Waals surface area contributed by atoms with Gasteiger partial charge >= 0.3 is 5.97 Å². The van der Waals surface area contributed by atoms with E-state index in [1.54, 1.807) is 13.0 Å². The van der Waals surface area contributed by atoms with E-state index in [9.17, 15) is 14.0 Å². The Morgan fingerprint density at radius 3 is 2.58 bits per heavy atom. The van der Waals surface area contributed by atoms with Crippen LogP contribution in [0, 0.1) is 12.7 Å². The standard InChI is InChI=1S/C13H10FNO3S/c1-7-2-3-8(9(14)6-7)12(16)15-11-5-4-10(19-11)13(17)18/h2-6H,1H3,(H,15,16)(H,17,18). The third-order valence-electron chi connectivity index (χ3n) is 2.42. The molecule has 2 N–H and O–H groups in total. The topological polar surface area (TPSA) is 66.4 Å². The van der Waals surface area contributed by atoms with E-state index in [1.165, 1.54) is 24.3 Å². The largest absolute Gasteiger partial charge is 0.477 e. The van der Waals surface area contributed by atoms with Gasteiger partial charge in [0.25, 0.3) is 5.91 Å². The fourth-order valence-electron chi connectivity index (χ4n) is 1.50. The minimum atomic E-state index is -1.06. The van der Waals surface area contributed by atoms with E-state index >= 15 is 0 Å². The normalized spacial score (nSPS) is 10.2. The van der Waals surface area contributed by atoms with Crippen LogP contribution < -0.4 is 5.32 Å². The lowest BCUT2D eigenvalue weighted by Gasteiger charge is -2.04. The number of nitrogens with one attached hydrogen (secondary N) is 1. The van der Waals surface area contributed by atoms with Gasteiger partial charge in [-0.15, -0.1) is 11.3 Å². The van der Waals surface area contributed by atoms with E-state index < -0.39 is 17.7 Å². The first-order valence-corrected chi connectivity index (χ1v) is 6.19. The van der Waals surface area contributed by atoms with Gasteiger partial charge < -0.3 is 10.4 Å². The number of hydrogen-bond donors (Lipinski definition) is 2. The Labute approximate surface area is 112 Å². The zero-order valence-electron chi connectivity index (χ0n) is 9.94. The van der Waals surface area contributed by atoms with E-state index in [0.29, 0.717) is 5.00 Å². The molecule has 0 aliphatic heterocycles.